The van der Waals surface area contributed by atoms with Gasteiger partial charge in [-0.15, -0.1) is 0 Å². The van der Waals surface area contributed by atoms with E-state index in [4.69, 9.17) is 19.5 Å². The largest absolute Gasteiger partial charge is 0.493 e. The third kappa shape index (κ3) is 6.84. The van der Waals surface area contributed by atoms with Gasteiger partial charge in [-0.25, -0.2) is 4.79 Å². The third-order valence-electron chi connectivity index (χ3n) is 5.58. The first-order valence-corrected chi connectivity index (χ1v) is 11.2. The fourth-order valence-corrected chi connectivity index (χ4v) is 3.76. The minimum Gasteiger partial charge on any atom is -0.493 e. The van der Waals surface area contributed by atoms with Gasteiger partial charge in [-0.1, -0.05) is 36.4 Å². The van der Waals surface area contributed by atoms with Crippen LogP contribution in [0.15, 0.2) is 60.7 Å². The van der Waals surface area contributed by atoms with Crippen LogP contribution in [0.5, 0.6) is 11.5 Å². The van der Waals surface area contributed by atoms with E-state index in [2.05, 4.69) is 16.7 Å². The Kier molecular flexibility index (Phi) is 8.85. The van der Waals surface area contributed by atoms with Crippen LogP contribution in [0.4, 0.5) is 0 Å². The lowest BCUT2D eigenvalue weighted by atomic mass is 10.1. The number of hydrogen-bond acceptors (Lipinski definition) is 6. The lowest BCUT2D eigenvalue weighted by Crippen LogP contribution is -2.14. The van der Waals surface area contributed by atoms with Crippen LogP contribution in [-0.2, 0) is 22.5 Å². The minimum atomic E-state index is -0.625. The number of esters is 1. The molecule has 3 aromatic rings. The number of carbonyl (C=O) groups excluding carboxylic acids is 2. The van der Waals surface area contributed by atoms with Crippen molar-refractivity contribution in [2.24, 2.45) is 0 Å². The maximum Gasteiger partial charge on any atom is 0.331 e. The number of ketones is 1. The van der Waals surface area contributed by atoms with Crippen molar-refractivity contribution in [2.45, 2.75) is 26.8 Å². The van der Waals surface area contributed by atoms with E-state index in [1.54, 1.807) is 24.3 Å². The van der Waals surface area contributed by atoms with Crippen molar-refractivity contribution in [1.82, 2.24) is 4.57 Å². The highest BCUT2D eigenvalue weighted by Gasteiger charge is 2.17. The van der Waals surface area contributed by atoms with Crippen LogP contribution in [0.1, 0.15) is 32.9 Å². The van der Waals surface area contributed by atoms with E-state index in [1.165, 1.54) is 18.7 Å². The number of aryl methyl sites for hydroxylation is 2. The van der Waals surface area contributed by atoms with Gasteiger partial charge in [0.05, 0.1) is 7.11 Å². The molecule has 0 aliphatic heterocycles. The van der Waals surface area contributed by atoms with Crippen LogP contribution in [0.25, 0.3) is 6.08 Å². The van der Waals surface area contributed by atoms with Gasteiger partial charge in [0, 0.05) is 29.6 Å². The predicted octanol–water partition coefficient (Wildman–Crippen LogP) is 4.70. The van der Waals surface area contributed by atoms with Gasteiger partial charge in [-0.3, -0.25) is 4.79 Å². The van der Waals surface area contributed by atoms with Crippen molar-refractivity contribution < 1.29 is 23.8 Å². The minimum absolute atomic E-state index is 0.0959. The molecule has 3 rings (SSSR count). The second-order valence-electron chi connectivity index (χ2n) is 7.89. The van der Waals surface area contributed by atoms with Crippen LogP contribution in [0.2, 0.25) is 0 Å². The molecule has 0 aliphatic carbocycles. The Hall–Kier alpha value is -4.31. The van der Waals surface area contributed by atoms with Gasteiger partial charge in [-0.2, -0.15) is 5.26 Å². The van der Waals surface area contributed by atoms with E-state index < -0.39 is 5.97 Å². The first kappa shape index (κ1) is 25.3. The average Bonchev–Trinajstić information content (AvgIpc) is 3.17. The number of methoxy groups -OCH3 is 1. The van der Waals surface area contributed by atoms with Crippen molar-refractivity contribution >= 4 is 17.8 Å². The Morgan fingerprint density at radius 2 is 1.83 bits per heavy atom. The Balaban J connectivity index is 1.57. The molecule has 0 saturated carbocycles. The van der Waals surface area contributed by atoms with E-state index in [0.717, 1.165) is 24.4 Å². The zero-order valence-corrected chi connectivity index (χ0v) is 20.1. The molecule has 7 nitrogen and oxygen atoms in total. The number of benzene rings is 2. The van der Waals surface area contributed by atoms with Gasteiger partial charge in [-0.05, 0) is 55.7 Å². The topological polar surface area (TPSA) is 90.6 Å². The van der Waals surface area contributed by atoms with Crippen LogP contribution in [0.3, 0.4) is 0 Å². The number of aromatic nitrogens is 1. The number of Topliss-reactive ketones (excluding diaryl/α,β-unsaturated/α-hetero) is 1. The van der Waals surface area contributed by atoms with Gasteiger partial charge >= 0.3 is 5.97 Å². The van der Waals surface area contributed by atoms with Crippen molar-refractivity contribution in [2.75, 3.05) is 20.3 Å². The average molecular weight is 473 g/mol. The molecule has 0 fully saturated rings. The summed E-state index contributed by atoms with van der Waals surface area (Å²) in [5.74, 6) is 0.000734. The van der Waals surface area contributed by atoms with Crippen LogP contribution in [0, 0.1) is 25.2 Å². The van der Waals surface area contributed by atoms with Crippen molar-refractivity contribution in [3.63, 3.8) is 0 Å². The normalized spacial score (nSPS) is 10.7. The second kappa shape index (κ2) is 12.2. The Labute approximate surface area is 205 Å². The highest BCUT2D eigenvalue weighted by Crippen LogP contribution is 2.28. The zero-order chi connectivity index (χ0) is 25.2. The first-order valence-electron chi connectivity index (χ1n) is 11.2. The number of rotatable bonds is 11. The summed E-state index contributed by atoms with van der Waals surface area (Å²) in [6.07, 6.45) is 3.67. The second-order valence-corrected chi connectivity index (χ2v) is 7.89. The number of carbonyl (C=O) groups is 2. The SMILES string of the molecule is COc1cc(/C=C/C(=O)OCC(=O)c2cc(C)n(CCc3ccccc3)c2C)ccc1OCC#N. The molecule has 180 valence electrons. The van der Waals surface area contributed by atoms with Gasteiger partial charge in [0.25, 0.3) is 0 Å². The van der Waals surface area contributed by atoms with Gasteiger partial charge in [0.15, 0.2) is 24.7 Å². The Morgan fingerprint density at radius 3 is 2.54 bits per heavy atom. The van der Waals surface area contributed by atoms with Gasteiger partial charge in [0.1, 0.15) is 6.07 Å². The summed E-state index contributed by atoms with van der Waals surface area (Å²) < 4.78 is 17.8. The maximum atomic E-state index is 12.7. The molecule has 0 N–H and O–H groups in total. The molecule has 0 atom stereocenters. The molecule has 0 saturated heterocycles. The first-order chi connectivity index (χ1) is 16.9. The molecule has 35 heavy (non-hydrogen) atoms. The summed E-state index contributed by atoms with van der Waals surface area (Å²) in [7, 11) is 1.49. The summed E-state index contributed by atoms with van der Waals surface area (Å²) in [6, 6.07) is 19.0. The number of nitriles is 1. The van der Waals surface area contributed by atoms with E-state index >= 15 is 0 Å². The van der Waals surface area contributed by atoms with Crippen molar-refractivity contribution in [3.8, 4) is 17.6 Å². The molecule has 0 unspecified atom stereocenters. The molecule has 0 amide bonds. The highest BCUT2D eigenvalue weighted by molar-refractivity contribution is 6.00. The van der Waals surface area contributed by atoms with Crippen molar-refractivity contribution in [1.29, 1.82) is 5.26 Å². The van der Waals surface area contributed by atoms with Crippen LogP contribution in [-0.4, -0.2) is 36.6 Å². The highest BCUT2D eigenvalue weighted by atomic mass is 16.5. The van der Waals surface area contributed by atoms with Gasteiger partial charge < -0.3 is 18.8 Å². The summed E-state index contributed by atoms with van der Waals surface area (Å²) >= 11 is 0. The number of nitrogens with zero attached hydrogens (tertiary/aromatic N) is 2. The molecular formula is C28H28N2O5. The number of hydrogen-bond donors (Lipinski definition) is 0. The molecule has 0 bridgehead atoms. The standard InChI is InChI=1S/C28H28N2O5/c1-20-17-24(21(2)30(20)15-13-22-7-5-4-6-8-22)25(31)19-35-28(32)12-10-23-9-11-26(34-16-14-29)27(18-23)33-3/h4-12,17-18H,13,15-16,19H2,1-3H3/b12-10+. The van der Waals surface area contributed by atoms with Gasteiger partial charge in [0.2, 0.25) is 5.78 Å². The predicted molar refractivity (Wildman–Crippen MR) is 132 cm³/mol. The molecule has 1 aromatic heterocycles. The Bertz CT molecular complexity index is 1250. The summed E-state index contributed by atoms with van der Waals surface area (Å²) in [5.41, 5.74) is 4.32. The monoisotopic (exact) mass is 472 g/mol. The fourth-order valence-electron chi connectivity index (χ4n) is 3.76. The molecule has 0 radical (unpaired) electrons. The maximum absolute atomic E-state index is 12.7. The summed E-state index contributed by atoms with van der Waals surface area (Å²) in [6.45, 7) is 4.21. The van der Waals surface area contributed by atoms with E-state index in [9.17, 15) is 9.59 Å². The molecule has 1 heterocycles. The van der Waals surface area contributed by atoms with E-state index in [1.807, 2.05) is 44.2 Å². The summed E-state index contributed by atoms with van der Waals surface area (Å²) in [5, 5.41) is 8.65. The van der Waals surface area contributed by atoms with Crippen LogP contribution < -0.4 is 9.47 Å². The molecule has 0 aliphatic rings. The quantitative estimate of drug-likeness (QED) is 0.228. The molecule has 0 spiro atoms. The van der Waals surface area contributed by atoms with Crippen LogP contribution >= 0.6 is 0 Å². The smallest absolute Gasteiger partial charge is 0.331 e. The fraction of sp³-hybridized carbons (Fsp3) is 0.250. The van der Waals surface area contributed by atoms with E-state index in [-0.39, 0.29) is 19.0 Å². The molecule has 7 heteroatoms. The van der Waals surface area contributed by atoms with Crippen molar-refractivity contribution in [3.05, 3.63) is 88.8 Å². The zero-order valence-electron chi connectivity index (χ0n) is 20.1. The molecule has 2 aromatic carbocycles. The number of ether oxygens (including phenoxy) is 3. The lowest BCUT2D eigenvalue weighted by Gasteiger charge is -2.10. The molecular weight excluding hydrogens is 444 g/mol. The Morgan fingerprint density at radius 1 is 1.06 bits per heavy atom. The van der Waals surface area contributed by atoms with E-state index in [0.29, 0.717) is 22.6 Å². The third-order valence-corrected chi connectivity index (χ3v) is 5.58. The summed E-state index contributed by atoms with van der Waals surface area (Å²) in [4.78, 5) is 24.9. The lowest BCUT2D eigenvalue weighted by molar-refractivity contribution is -0.136.